The number of benzene rings is 2. The van der Waals surface area contributed by atoms with E-state index >= 15 is 0 Å². The normalized spacial score (nSPS) is 11.1. The van der Waals surface area contributed by atoms with Crippen LogP contribution in [0, 0.1) is 0 Å². The maximum Gasteiger partial charge on any atom is 0.298 e. The second-order valence-corrected chi connectivity index (χ2v) is 5.83. The van der Waals surface area contributed by atoms with Gasteiger partial charge in [-0.25, -0.2) is 4.98 Å². The minimum absolute atomic E-state index is 0.215. The molecule has 134 valence electrons. The van der Waals surface area contributed by atoms with Crippen LogP contribution >= 0.6 is 0 Å². The van der Waals surface area contributed by atoms with Crippen molar-refractivity contribution in [1.82, 2.24) is 9.55 Å². The van der Waals surface area contributed by atoms with Gasteiger partial charge in [-0.05, 0) is 23.8 Å². The summed E-state index contributed by atoms with van der Waals surface area (Å²) in [5.74, 6) is -0.243. The minimum Gasteiger partial charge on any atom is -0.330 e. The molecule has 1 aromatic heterocycles. The Balaban J connectivity index is 1.82. The van der Waals surface area contributed by atoms with E-state index in [0.29, 0.717) is 5.69 Å². The van der Waals surface area contributed by atoms with Gasteiger partial charge in [0.25, 0.3) is 5.91 Å². The predicted molar refractivity (Wildman–Crippen MR) is 106 cm³/mol. The van der Waals surface area contributed by atoms with Crippen LogP contribution in [-0.4, -0.2) is 21.2 Å². The van der Waals surface area contributed by atoms with Crippen LogP contribution in [0.15, 0.2) is 91.4 Å². The zero-order valence-electron chi connectivity index (χ0n) is 14.9. The van der Waals surface area contributed by atoms with Crippen LogP contribution in [0.4, 0.5) is 5.69 Å². The third-order valence-electron chi connectivity index (χ3n) is 3.89. The molecule has 1 heterocycles. The molecule has 0 aliphatic rings. The smallest absolute Gasteiger partial charge is 0.298 e. The lowest BCUT2D eigenvalue weighted by molar-refractivity contribution is -0.110. The number of ketones is 1. The van der Waals surface area contributed by atoms with Crippen molar-refractivity contribution in [3.05, 3.63) is 103 Å². The number of para-hydroxylation sites is 1. The van der Waals surface area contributed by atoms with E-state index in [4.69, 9.17) is 0 Å². The van der Waals surface area contributed by atoms with Crippen LogP contribution in [0.2, 0.25) is 0 Å². The fourth-order valence-corrected chi connectivity index (χ4v) is 2.49. The standard InChI is InChI=1S/C22H19N3O2/c1-24-17-15-23-21(24)22(27)25(19-10-6-3-7-11-19)16-14-20(26)13-12-18-8-4-2-5-9-18/h2-17H,1H3/b13-12+,16-14+. The van der Waals surface area contributed by atoms with E-state index in [9.17, 15) is 9.59 Å². The molecule has 0 fully saturated rings. The second kappa shape index (κ2) is 8.58. The molecule has 0 saturated carbocycles. The highest BCUT2D eigenvalue weighted by Gasteiger charge is 2.19. The average Bonchev–Trinajstić information content (AvgIpc) is 3.14. The summed E-state index contributed by atoms with van der Waals surface area (Å²) in [6.07, 6.45) is 9.32. The van der Waals surface area contributed by atoms with E-state index in [1.807, 2.05) is 48.5 Å². The second-order valence-electron chi connectivity index (χ2n) is 5.83. The monoisotopic (exact) mass is 357 g/mol. The number of nitrogens with zero attached hydrogens (tertiary/aromatic N) is 3. The van der Waals surface area contributed by atoms with Crippen LogP contribution in [0.5, 0.6) is 0 Å². The number of anilines is 1. The lowest BCUT2D eigenvalue weighted by Crippen LogP contribution is -2.28. The number of rotatable bonds is 6. The molecular weight excluding hydrogens is 338 g/mol. The van der Waals surface area contributed by atoms with Gasteiger partial charge in [0.15, 0.2) is 11.6 Å². The number of imidazole rings is 1. The Bertz CT molecular complexity index is 973. The van der Waals surface area contributed by atoms with Gasteiger partial charge in [0, 0.05) is 37.4 Å². The van der Waals surface area contributed by atoms with Gasteiger partial charge >= 0.3 is 0 Å². The number of carbonyl (C=O) groups excluding carboxylic acids is 2. The van der Waals surface area contributed by atoms with E-state index in [-0.39, 0.29) is 17.5 Å². The fourth-order valence-electron chi connectivity index (χ4n) is 2.49. The first-order valence-electron chi connectivity index (χ1n) is 8.46. The highest BCUT2D eigenvalue weighted by molar-refractivity contribution is 6.07. The molecule has 0 bridgehead atoms. The molecule has 0 unspecified atom stereocenters. The van der Waals surface area contributed by atoms with Crippen molar-refractivity contribution >= 4 is 23.5 Å². The first kappa shape index (κ1) is 18.1. The molecule has 3 aromatic rings. The molecule has 1 amide bonds. The summed E-state index contributed by atoms with van der Waals surface area (Å²) in [6.45, 7) is 0. The highest BCUT2D eigenvalue weighted by atomic mass is 16.2. The van der Waals surface area contributed by atoms with Crippen LogP contribution in [0.1, 0.15) is 16.2 Å². The lowest BCUT2D eigenvalue weighted by Gasteiger charge is -2.18. The largest absolute Gasteiger partial charge is 0.330 e. The van der Waals surface area contributed by atoms with Gasteiger partial charge in [0.05, 0.1) is 0 Å². The molecule has 0 aliphatic heterocycles. The quantitative estimate of drug-likeness (QED) is 0.630. The van der Waals surface area contributed by atoms with Gasteiger partial charge in [0.1, 0.15) is 0 Å². The third-order valence-corrected chi connectivity index (χ3v) is 3.89. The maximum atomic E-state index is 12.9. The fraction of sp³-hybridized carbons (Fsp3) is 0.0455. The van der Waals surface area contributed by atoms with Crippen molar-refractivity contribution in [3.8, 4) is 0 Å². The van der Waals surface area contributed by atoms with E-state index < -0.39 is 0 Å². The number of amides is 1. The van der Waals surface area contributed by atoms with Gasteiger partial charge in [-0.3, -0.25) is 14.5 Å². The lowest BCUT2D eigenvalue weighted by atomic mass is 10.2. The number of carbonyl (C=O) groups is 2. The number of allylic oxidation sites excluding steroid dienone is 2. The zero-order chi connectivity index (χ0) is 19.1. The Kier molecular flexibility index (Phi) is 5.74. The summed E-state index contributed by atoms with van der Waals surface area (Å²) in [5.41, 5.74) is 1.59. The van der Waals surface area contributed by atoms with Crippen molar-refractivity contribution in [2.45, 2.75) is 0 Å². The first-order chi connectivity index (χ1) is 13.1. The summed E-state index contributed by atoms with van der Waals surface area (Å²) in [5, 5.41) is 0. The number of hydrogen-bond acceptors (Lipinski definition) is 3. The molecule has 5 heteroatoms. The van der Waals surface area contributed by atoms with E-state index in [1.54, 1.807) is 42.2 Å². The Morgan fingerprint density at radius 2 is 1.63 bits per heavy atom. The van der Waals surface area contributed by atoms with E-state index in [1.165, 1.54) is 23.3 Å². The maximum absolute atomic E-state index is 12.9. The van der Waals surface area contributed by atoms with Gasteiger partial charge in [-0.2, -0.15) is 0 Å². The summed E-state index contributed by atoms with van der Waals surface area (Å²) in [4.78, 5) is 30.6. The minimum atomic E-state index is -0.315. The van der Waals surface area contributed by atoms with Crippen molar-refractivity contribution < 1.29 is 9.59 Å². The van der Waals surface area contributed by atoms with Crippen LogP contribution in [0.25, 0.3) is 6.08 Å². The summed E-state index contributed by atoms with van der Waals surface area (Å²) in [7, 11) is 1.75. The van der Waals surface area contributed by atoms with E-state index in [2.05, 4.69) is 4.98 Å². The van der Waals surface area contributed by atoms with Crippen LogP contribution in [0.3, 0.4) is 0 Å². The van der Waals surface area contributed by atoms with Crippen molar-refractivity contribution in [1.29, 1.82) is 0 Å². The molecule has 5 nitrogen and oxygen atoms in total. The van der Waals surface area contributed by atoms with Gasteiger partial charge in [-0.15, -0.1) is 0 Å². The zero-order valence-corrected chi connectivity index (χ0v) is 14.9. The van der Waals surface area contributed by atoms with Crippen molar-refractivity contribution in [2.75, 3.05) is 4.90 Å². The van der Waals surface area contributed by atoms with Crippen molar-refractivity contribution in [2.24, 2.45) is 7.05 Å². The number of aryl methyl sites for hydroxylation is 1. The predicted octanol–water partition coefficient (Wildman–Crippen LogP) is 3.86. The Morgan fingerprint density at radius 3 is 2.26 bits per heavy atom. The molecule has 2 aromatic carbocycles. The Morgan fingerprint density at radius 1 is 0.963 bits per heavy atom. The number of hydrogen-bond donors (Lipinski definition) is 0. The molecule has 0 N–H and O–H groups in total. The third kappa shape index (κ3) is 4.67. The topological polar surface area (TPSA) is 55.2 Å². The van der Waals surface area contributed by atoms with Gasteiger partial charge in [-0.1, -0.05) is 54.6 Å². The molecular formula is C22H19N3O2. The van der Waals surface area contributed by atoms with Crippen LogP contribution < -0.4 is 4.90 Å². The molecule has 0 saturated heterocycles. The van der Waals surface area contributed by atoms with Crippen molar-refractivity contribution in [3.63, 3.8) is 0 Å². The molecule has 3 rings (SSSR count). The summed E-state index contributed by atoms with van der Waals surface area (Å²) >= 11 is 0. The molecule has 27 heavy (non-hydrogen) atoms. The first-order valence-corrected chi connectivity index (χ1v) is 8.46. The van der Waals surface area contributed by atoms with Gasteiger partial charge < -0.3 is 4.57 Å². The Labute approximate surface area is 157 Å². The molecule has 0 aliphatic carbocycles. The summed E-state index contributed by atoms with van der Waals surface area (Å²) in [6, 6.07) is 18.7. The number of aromatic nitrogens is 2. The van der Waals surface area contributed by atoms with Crippen LogP contribution in [-0.2, 0) is 11.8 Å². The SMILES string of the molecule is Cn1ccnc1C(=O)N(/C=C/C(=O)/C=C/c1ccccc1)c1ccccc1. The summed E-state index contributed by atoms with van der Waals surface area (Å²) < 4.78 is 1.64. The highest BCUT2D eigenvalue weighted by Crippen LogP contribution is 2.17. The van der Waals surface area contributed by atoms with E-state index in [0.717, 1.165) is 5.56 Å². The molecule has 0 spiro atoms. The molecule has 0 atom stereocenters. The molecule has 0 radical (unpaired) electrons. The van der Waals surface area contributed by atoms with Gasteiger partial charge in [0.2, 0.25) is 0 Å². The Hall–Kier alpha value is -3.73. The average molecular weight is 357 g/mol.